The molecule has 1 N–H and O–H groups in total. The molecule has 1 aromatic heterocycles. The van der Waals surface area contributed by atoms with E-state index in [1.54, 1.807) is 24.1 Å². The van der Waals surface area contributed by atoms with E-state index < -0.39 is 0 Å². The highest BCUT2D eigenvalue weighted by atomic mass is 16.3. The molecule has 104 valence electrons. The quantitative estimate of drug-likeness (QED) is 0.906. The summed E-state index contributed by atoms with van der Waals surface area (Å²) >= 11 is 0. The number of hydrogen-bond donors (Lipinski definition) is 1. The Kier molecular flexibility index (Phi) is 4.55. The van der Waals surface area contributed by atoms with Crippen LogP contribution in [0.4, 0.5) is 5.69 Å². The van der Waals surface area contributed by atoms with Gasteiger partial charge in [0.25, 0.3) is 5.91 Å². The van der Waals surface area contributed by atoms with Crippen LogP contribution >= 0.6 is 0 Å². The summed E-state index contributed by atoms with van der Waals surface area (Å²) in [6.45, 7) is 0.273. The first-order chi connectivity index (χ1) is 9.68. The standard InChI is InChI=1S/C15H16N2O3/c1-17(12-6-3-2-4-7-12)14(18)9-10-16-15(19)13-8-5-11-20-13/h2-8,11H,9-10H2,1H3,(H,16,19). The molecule has 2 aromatic rings. The van der Waals surface area contributed by atoms with Gasteiger partial charge in [-0.2, -0.15) is 0 Å². The summed E-state index contributed by atoms with van der Waals surface area (Å²) in [6, 6.07) is 12.6. The first-order valence-electron chi connectivity index (χ1n) is 6.32. The maximum Gasteiger partial charge on any atom is 0.286 e. The van der Waals surface area contributed by atoms with Crippen LogP contribution in [-0.4, -0.2) is 25.4 Å². The zero-order chi connectivity index (χ0) is 14.4. The van der Waals surface area contributed by atoms with E-state index in [-0.39, 0.29) is 30.5 Å². The molecule has 0 radical (unpaired) electrons. The lowest BCUT2D eigenvalue weighted by atomic mass is 10.2. The Hall–Kier alpha value is -2.56. The molecule has 1 aromatic carbocycles. The third kappa shape index (κ3) is 3.47. The Morgan fingerprint density at radius 3 is 2.55 bits per heavy atom. The molecule has 0 unspecified atom stereocenters. The molecular weight excluding hydrogens is 256 g/mol. The van der Waals surface area contributed by atoms with E-state index in [0.717, 1.165) is 5.69 Å². The minimum Gasteiger partial charge on any atom is -0.459 e. The highest BCUT2D eigenvalue weighted by molar-refractivity contribution is 5.94. The van der Waals surface area contributed by atoms with Gasteiger partial charge in [-0.15, -0.1) is 0 Å². The van der Waals surface area contributed by atoms with Crippen molar-refractivity contribution in [3.8, 4) is 0 Å². The van der Waals surface area contributed by atoms with Crippen molar-refractivity contribution in [2.45, 2.75) is 6.42 Å². The molecule has 0 aliphatic heterocycles. The molecule has 0 aliphatic carbocycles. The topological polar surface area (TPSA) is 62.6 Å². The maximum atomic E-state index is 12.0. The number of amides is 2. The fraction of sp³-hybridized carbons (Fsp3) is 0.200. The van der Waals surface area contributed by atoms with Crippen LogP contribution in [-0.2, 0) is 4.79 Å². The molecule has 5 nitrogen and oxygen atoms in total. The van der Waals surface area contributed by atoms with Crippen molar-refractivity contribution in [3.05, 3.63) is 54.5 Å². The summed E-state index contributed by atoms with van der Waals surface area (Å²) in [5, 5.41) is 2.64. The normalized spacial score (nSPS) is 10.1. The monoisotopic (exact) mass is 272 g/mol. The van der Waals surface area contributed by atoms with Crippen LogP contribution < -0.4 is 10.2 Å². The van der Waals surface area contributed by atoms with Gasteiger partial charge < -0.3 is 14.6 Å². The minimum absolute atomic E-state index is 0.0593. The van der Waals surface area contributed by atoms with E-state index in [2.05, 4.69) is 5.32 Å². The van der Waals surface area contributed by atoms with Gasteiger partial charge in [-0.05, 0) is 24.3 Å². The second-order valence-corrected chi connectivity index (χ2v) is 4.27. The Bertz CT molecular complexity index is 564. The number of nitrogens with one attached hydrogen (secondary N) is 1. The number of nitrogens with zero attached hydrogens (tertiary/aromatic N) is 1. The number of carbonyl (C=O) groups is 2. The molecule has 2 amide bonds. The highest BCUT2D eigenvalue weighted by Gasteiger charge is 2.12. The van der Waals surface area contributed by atoms with E-state index in [9.17, 15) is 9.59 Å². The molecule has 0 fully saturated rings. The maximum absolute atomic E-state index is 12.0. The molecule has 0 aliphatic rings. The van der Waals surface area contributed by atoms with Crippen molar-refractivity contribution in [1.29, 1.82) is 0 Å². The molecular formula is C15H16N2O3. The zero-order valence-electron chi connectivity index (χ0n) is 11.2. The summed E-state index contributed by atoms with van der Waals surface area (Å²) in [7, 11) is 1.71. The van der Waals surface area contributed by atoms with Crippen molar-refractivity contribution in [2.24, 2.45) is 0 Å². The van der Waals surface area contributed by atoms with Gasteiger partial charge in [-0.25, -0.2) is 0 Å². The summed E-state index contributed by atoms with van der Waals surface area (Å²) in [5.74, 6) is -0.130. The van der Waals surface area contributed by atoms with Crippen molar-refractivity contribution in [1.82, 2.24) is 5.32 Å². The average Bonchev–Trinajstić information content (AvgIpc) is 3.01. The lowest BCUT2D eigenvalue weighted by Crippen LogP contribution is -2.31. The second kappa shape index (κ2) is 6.56. The van der Waals surface area contributed by atoms with Crippen molar-refractivity contribution >= 4 is 17.5 Å². The van der Waals surface area contributed by atoms with Gasteiger partial charge in [0.05, 0.1) is 6.26 Å². The lowest BCUT2D eigenvalue weighted by Gasteiger charge is -2.17. The molecule has 0 saturated heterocycles. The summed E-state index contributed by atoms with van der Waals surface area (Å²) in [6.07, 6.45) is 1.67. The van der Waals surface area contributed by atoms with Crippen molar-refractivity contribution in [3.63, 3.8) is 0 Å². The van der Waals surface area contributed by atoms with Gasteiger partial charge in [-0.3, -0.25) is 9.59 Å². The van der Waals surface area contributed by atoms with Gasteiger partial charge >= 0.3 is 0 Å². The molecule has 2 rings (SSSR count). The van der Waals surface area contributed by atoms with E-state index in [1.165, 1.54) is 6.26 Å². The van der Waals surface area contributed by atoms with Gasteiger partial charge in [0.2, 0.25) is 5.91 Å². The number of benzene rings is 1. The molecule has 0 spiro atoms. The van der Waals surface area contributed by atoms with Gasteiger partial charge in [0.15, 0.2) is 5.76 Å². The number of rotatable bonds is 5. The first kappa shape index (κ1) is 13.9. The van der Waals surface area contributed by atoms with Gasteiger partial charge in [0.1, 0.15) is 0 Å². The van der Waals surface area contributed by atoms with Crippen LogP contribution in [0, 0.1) is 0 Å². The minimum atomic E-state index is -0.315. The van der Waals surface area contributed by atoms with Crippen molar-refractivity contribution in [2.75, 3.05) is 18.5 Å². The average molecular weight is 272 g/mol. The number of furan rings is 1. The third-order valence-electron chi connectivity index (χ3n) is 2.89. The van der Waals surface area contributed by atoms with E-state index in [4.69, 9.17) is 4.42 Å². The molecule has 20 heavy (non-hydrogen) atoms. The zero-order valence-corrected chi connectivity index (χ0v) is 11.2. The number of para-hydroxylation sites is 1. The Balaban J connectivity index is 1.79. The smallest absolute Gasteiger partial charge is 0.286 e. The van der Waals surface area contributed by atoms with E-state index in [1.807, 2.05) is 30.3 Å². The SMILES string of the molecule is CN(C(=O)CCNC(=O)c1ccco1)c1ccccc1. The Morgan fingerprint density at radius 2 is 1.90 bits per heavy atom. The van der Waals surface area contributed by atoms with Crippen molar-refractivity contribution < 1.29 is 14.0 Å². The fourth-order valence-electron chi connectivity index (χ4n) is 1.74. The van der Waals surface area contributed by atoms with Crippen LogP contribution in [0.2, 0.25) is 0 Å². The van der Waals surface area contributed by atoms with Gasteiger partial charge in [-0.1, -0.05) is 18.2 Å². The van der Waals surface area contributed by atoms with Crippen LogP contribution in [0.5, 0.6) is 0 Å². The molecule has 5 heteroatoms. The fourth-order valence-corrected chi connectivity index (χ4v) is 1.74. The predicted molar refractivity (Wildman–Crippen MR) is 75.5 cm³/mol. The predicted octanol–water partition coefficient (Wildman–Crippen LogP) is 2.06. The molecule has 0 atom stereocenters. The molecule has 1 heterocycles. The summed E-state index contributed by atoms with van der Waals surface area (Å²) < 4.78 is 4.96. The Labute approximate surface area is 117 Å². The molecule has 0 saturated carbocycles. The third-order valence-corrected chi connectivity index (χ3v) is 2.89. The van der Waals surface area contributed by atoms with Crippen LogP contribution in [0.1, 0.15) is 17.0 Å². The summed E-state index contributed by atoms with van der Waals surface area (Å²) in [5.41, 5.74) is 0.829. The van der Waals surface area contributed by atoms with Gasteiger partial charge in [0, 0.05) is 25.7 Å². The first-order valence-corrected chi connectivity index (χ1v) is 6.32. The largest absolute Gasteiger partial charge is 0.459 e. The summed E-state index contributed by atoms with van der Waals surface area (Å²) in [4.78, 5) is 25.1. The highest BCUT2D eigenvalue weighted by Crippen LogP contribution is 2.11. The lowest BCUT2D eigenvalue weighted by molar-refractivity contribution is -0.118. The van der Waals surface area contributed by atoms with E-state index >= 15 is 0 Å². The van der Waals surface area contributed by atoms with Crippen LogP contribution in [0.15, 0.2) is 53.1 Å². The number of carbonyl (C=O) groups excluding carboxylic acids is 2. The molecule has 0 bridgehead atoms. The Morgan fingerprint density at radius 1 is 1.15 bits per heavy atom. The number of anilines is 1. The number of hydrogen-bond acceptors (Lipinski definition) is 3. The van der Waals surface area contributed by atoms with E-state index in [0.29, 0.717) is 0 Å². The van der Waals surface area contributed by atoms with Crippen LogP contribution in [0.3, 0.4) is 0 Å². The van der Waals surface area contributed by atoms with Crippen LogP contribution in [0.25, 0.3) is 0 Å². The second-order valence-electron chi connectivity index (χ2n) is 4.27.